The Morgan fingerprint density at radius 3 is 2.55 bits per heavy atom. The molecule has 0 radical (unpaired) electrons. The van der Waals surface area contributed by atoms with Crippen molar-refractivity contribution in [3.8, 4) is 0 Å². The average Bonchev–Trinajstić information content (AvgIpc) is 3.52. The second-order valence-corrected chi connectivity index (χ2v) is 9.78. The Balaban J connectivity index is 1.60. The average molecular weight is 523 g/mol. The number of hydrogen-bond acceptors (Lipinski definition) is 6. The van der Waals surface area contributed by atoms with E-state index in [9.17, 15) is 14.7 Å². The predicted octanol–water partition coefficient (Wildman–Crippen LogP) is 6.11. The Labute approximate surface area is 202 Å². The molecule has 2 aromatic carbocycles. The molecule has 1 atom stereocenters. The molecule has 1 aliphatic rings. The predicted molar refractivity (Wildman–Crippen MR) is 133 cm³/mol. The van der Waals surface area contributed by atoms with Crippen molar-refractivity contribution in [2.24, 2.45) is 0 Å². The normalized spacial score (nSPS) is 16.2. The van der Waals surface area contributed by atoms with Gasteiger partial charge in [0.1, 0.15) is 11.6 Å². The number of ketones is 1. The summed E-state index contributed by atoms with van der Waals surface area (Å²) in [5.41, 5.74) is 2.12. The molecule has 0 bridgehead atoms. The highest BCUT2D eigenvalue weighted by Gasteiger charge is 2.45. The van der Waals surface area contributed by atoms with E-state index >= 15 is 0 Å². The van der Waals surface area contributed by atoms with Gasteiger partial charge >= 0.3 is 0 Å². The summed E-state index contributed by atoms with van der Waals surface area (Å²) in [6.45, 7) is 0. The second-order valence-electron chi connectivity index (χ2n) is 7.89. The summed E-state index contributed by atoms with van der Waals surface area (Å²) in [6, 6.07) is 17.4. The van der Waals surface area contributed by atoms with Crippen LogP contribution in [0.3, 0.4) is 0 Å². The fourth-order valence-corrected chi connectivity index (χ4v) is 5.19. The molecular weight excluding hydrogens is 504 g/mol. The van der Waals surface area contributed by atoms with Gasteiger partial charge in [-0.15, -0.1) is 11.3 Å². The summed E-state index contributed by atoms with van der Waals surface area (Å²) in [5.74, 6) is -1.62. The van der Waals surface area contributed by atoms with Gasteiger partial charge in [0.25, 0.3) is 5.91 Å². The van der Waals surface area contributed by atoms with E-state index in [4.69, 9.17) is 4.42 Å². The maximum atomic E-state index is 13.6. The van der Waals surface area contributed by atoms with Crippen molar-refractivity contribution >= 4 is 61.3 Å². The Hall–Kier alpha value is -3.36. The van der Waals surface area contributed by atoms with Crippen molar-refractivity contribution < 1.29 is 19.1 Å². The molecule has 0 saturated heterocycles. The SMILES string of the molecule is CN(C)c1ccc(N2C(=O)C(O)=C(C(=O)c3cc4cc(Br)ccc4o3)C2c2cccs2)cc1. The van der Waals surface area contributed by atoms with Crippen molar-refractivity contribution in [1.29, 1.82) is 0 Å². The van der Waals surface area contributed by atoms with E-state index in [1.54, 1.807) is 12.1 Å². The van der Waals surface area contributed by atoms with Gasteiger partial charge in [-0.25, -0.2) is 0 Å². The van der Waals surface area contributed by atoms with Crippen LogP contribution in [0.5, 0.6) is 0 Å². The van der Waals surface area contributed by atoms with Gasteiger partial charge in [0.2, 0.25) is 5.78 Å². The van der Waals surface area contributed by atoms with Crippen molar-refractivity contribution in [3.63, 3.8) is 0 Å². The molecule has 2 aromatic heterocycles. The third-order valence-electron chi connectivity index (χ3n) is 5.61. The zero-order chi connectivity index (χ0) is 23.3. The van der Waals surface area contributed by atoms with Crippen LogP contribution in [0.15, 0.2) is 86.3 Å². The van der Waals surface area contributed by atoms with E-state index < -0.39 is 23.5 Å². The highest BCUT2D eigenvalue weighted by molar-refractivity contribution is 9.10. The number of carbonyl (C=O) groups is 2. The molecule has 1 amide bonds. The van der Waals surface area contributed by atoms with E-state index in [1.165, 1.54) is 16.2 Å². The number of fused-ring (bicyclic) bond motifs is 1. The number of furan rings is 1. The first kappa shape index (κ1) is 21.5. The lowest BCUT2D eigenvalue weighted by molar-refractivity contribution is -0.117. The monoisotopic (exact) mass is 522 g/mol. The van der Waals surface area contributed by atoms with Crippen LogP contribution in [0.4, 0.5) is 11.4 Å². The van der Waals surface area contributed by atoms with Crippen molar-refractivity contribution in [1.82, 2.24) is 0 Å². The van der Waals surface area contributed by atoms with Gasteiger partial charge in [-0.1, -0.05) is 22.0 Å². The number of anilines is 2. The van der Waals surface area contributed by atoms with Crippen molar-refractivity contribution in [2.45, 2.75) is 6.04 Å². The third-order valence-corrected chi connectivity index (χ3v) is 7.03. The van der Waals surface area contributed by atoms with Gasteiger partial charge in [0.05, 0.1) is 5.57 Å². The minimum atomic E-state index is -0.754. The maximum Gasteiger partial charge on any atom is 0.294 e. The number of hydrogen-bond donors (Lipinski definition) is 1. The largest absolute Gasteiger partial charge is 0.503 e. The smallest absolute Gasteiger partial charge is 0.294 e. The lowest BCUT2D eigenvalue weighted by Gasteiger charge is -2.26. The summed E-state index contributed by atoms with van der Waals surface area (Å²) < 4.78 is 6.64. The molecule has 1 aliphatic heterocycles. The zero-order valence-corrected chi connectivity index (χ0v) is 20.2. The number of amides is 1. The second kappa shape index (κ2) is 8.20. The van der Waals surface area contributed by atoms with Crippen molar-refractivity contribution in [3.05, 3.63) is 92.5 Å². The van der Waals surface area contributed by atoms with Crippen LogP contribution in [-0.4, -0.2) is 30.9 Å². The molecular formula is C25H19BrN2O4S. The van der Waals surface area contributed by atoms with E-state index in [2.05, 4.69) is 15.9 Å². The van der Waals surface area contributed by atoms with Gasteiger partial charge in [0.15, 0.2) is 11.5 Å². The molecule has 0 spiro atoms. The molecule has 5 rings (SSSR count). The Morgan fingerprint density at radius 1 is 1.12 bits per heavy atom. The van der Waals surface area contributed by atoms with Gasteiger partial charge in [0, 0.05) is 40.2 Å². The van der Waals surface area contributed by atoms with Crippen LogP contribution in [0.25, 0.3) is 11.0 Å². The first-order valence-corrected chi connectivity index (χ1v) is 11.8. The van der Waals surface area contributed by atoms with Gasteiger partial charge < -0.3 is 14.4 Å². The van der Waals surface area contributed by atoms with Crippen LogP contribution in [0.1, 0.15) is 21.5 Å². The highest BCUT2D eigenvalue weighted by Crippen LogP contribution is 2.44. The summed E-state index contributed by atoms with van der Waals surface area (Å²) in [7, 11) is 3.86. The number of Topliss-reactive ketones (excluding diaryl/α,β-unsaturated/α-hetero) is 1. The van der Waals surface area contributed by atoms with E-state index in [1.807, 2.05) is 72.9 Å². The van der Waals surface area contributed by atoms with E-state index in [-0.39, 0.29) is 11.3 Å². The van der Waals surface area contributed by atoms with Crippen LogP contribution in [-0.2, 0) is 4.79 Å². The molecule has 166 valence electrons. The standard InChI is InChI=1S/C25H19BrN2O4S/c1-27(2)16-6-8-17(9-7-16)28-22(20-4-3-11-33-20)21(24(30)25(28)31)23(29)19-13-14-12-15(26)5-10-18(14)32-19/h3-13,22,30H,1-2H3. The number of rotatable bonds is 5. The quantitative estimate of drug-likeness (QED) is 0.320. The fourth-order valence-electron chi connectivity index (χ4n) is 3.99. The summed E-state index contributed by atoms with van der Waals surface area (Å²) in [6.07, 6.45) is 0. The molecule has 0 aliphatic carbocycles. The van der Waals surface area contributed by atoms with Crippen molar-refractivity contribution in [2.75, 3.05) is 23.9 Å². The van der Waals surface area contributed by atoms with E-state index in [0.717, 1.165) is 20.4 Å². The van der Waals surface area contributed by atoms with Crippen LogP contribution in [0.2, 0.25) is 0 Å². The molecule has 33 heavy (non-hydrogen) atoms. The van der Waals surface area contributed by atoms with Crippen LogP contribution >= 0.6 is 27.3 Å². The van der Waals surface area contributed by atoms with Gasteiger partial charge in [-0.2, -0.15) is 0 Å². The molecule has 8 heteroatoms. The number of thiophene rings is 1. The number of halogens is 1. The number of benzene rings is 2. The molecule has 1 unspecified atom stereocenters. The third kappa shape index (κ3) is 3.65. The zero-order valence-electron chi connectivity index (χ0n) is 17.8. The van der Waals surface area contributed by atoms with Gasteiger partial charge in [-0.05, 0) is 60.0 Å². The number of nitrogens with zero attached hydrogens (tertiary/aromatic N) is 2. The number of aliphatic hydroxyl groups is 1. The summed E-state index contributed by atoms with van der Waals surface area (Å²) >= 11 is 4.83. The minimum Gasteiger partial charge on any atom is -0.503 e. The van der Waals surface area contributed by atoms with Crippen LogP contribution in [0, 0.1) is 0 Å². The maximum absolute atomic E-state index is 13.6. The topological polar surface area (TPSA) is 74.0 Å². The fraction of sp³-hybridized carbons (Fsp3) is 0.120. The highest BCUT2D eigenvalue weighted by atomic mass is 79.9. The Kier molecular flexibility index (Phi) is 5.34. The molecule has 3 heterocycles. The first-order valence-electron chi connectivity index (χ1n) is 10.2. The Bertz CT molecular complexity index is 1400. The van der Waals surface area contributed by atoms with Crippen LogP contribution < -0.4 is 9.80 Å². The minimum absolute atomic E-state index is 0.0113. The molecule has 0 fully saturated rings. The van der Waals surface area contributed by atoms with E-state index in [0.29, 0.717) is 11.3 Å². The molecule has 1 N–H and O–H groups in total. The first-order chi connectivity index (χ1) is 15.8. The number of carbonyl (C=O) groups excluding carboxylic acids is 2. The molecule has 0 saturated carbocycles. The lowest BCUT2D eigenvalue weighted by Crippen LogP contribution is -2.30. The lowest BCUT2D eigenvalue weighted by atomic mass is 10.00. The summed E-state index contributed by atoms with van der Waals surface area (Å²) in [5, 5.41) is 13.5. The molecule has 6 nitrogen and oxygen atoms in total. The number of aliphatic hydroxyl groups excluding tert-OH is 1. The molecule has 4 aromatic rings. The Morgan fingerprint density at radius 2 is 1.88 bits per heavy atom. The van der Waals surface area contributed by atoms with Gasteiger partial charge in [-0.3, -0.25) is 14.5 Å². The summed E-state index contributed by atoms with van der Waals surface area (Å²) in [4.78, 5) is 31.0.